The van der Waals surface area contributed by atoms with Crippen molar-refractivity contribution in [2.75, 3.05) is 20.2 Å². The molecule has 0 radical (unpaired) electrons. The highest BCUT2D eigenvalue weighted by molar-refractivity contribution is 5.90. The van der Waals surface area contributed by atoms with Crippen LogP contribution in [0, 0.1) is 5.92 Å². The maximum absolute atomic E-state index is 13.1. The molecule has 2 aliphatic carbocycles. The van der Waals surface area contributed by atoms with Crippen LogP contribution in [0.3, 0.4) is 0 Å². The number of azo groups is 1. The van der Waals surface area contributed by atoms with Gasteiger partial charge in [-0.1, -0.05) is 11.6 Å². The second kappa shape index (κ2) is 8.58. The summed E-state index contributed by atoms with van der Waals surface area (Å²) in [4.78, 5) is 12.1. The Morgan fingerprint density at radius 1 is 1.14 bits per heavy atom. The van der Waals surface area contributed by atoms with E-state index in [9.17, 15) is 8.78 Å². The topological polar surface area (TPSA) is 78.6 Å². The largest absolute Gasteiger partial charge is 0.471 e. The number of alkyl halides is 2. The van der Waals surface area contributed by atoms with Crippen molar-refractivity contribution in [3.8, 4) is 5.88 Å². The summed E-state index contributed by atoms with van der Waals surface area (Å²) in [6, 6.07) is 0. The van der Waals surface area contributed by atoms with Crippen LogP contribution in [0.1, 0.15) is 56.1 Å². The number of aromatic nitrogens is 2. The highest BCUT2D eigenvalue weighted by Crippen LogP contribution is 2.44. The maximum atomic E-state index is 13.1. The van der Waals surface area contributed by atoms with E-state index in [4.69, 9.17) is 19.8 Å². The number of hydrogen-bond donors (Lipinski definition) is 0. The van der Waals surface area contributed by atoms with Gasteiger partial charge >= 0.3 is 0 Å². The van der Waals surface area contributed by atoms with Crippen molar-refractivity contribution in [3.05, 3.63) is 51.8 Å². The molecule has 184 valence electrons. The zero-order valence-electron chi connectivity index (χ0n) is 20.2. The Morgan fingerprint density at radius 2 is 1.97 bits per heavy atom. The van der Waals surface area contributed by atoms with E-state index in [0.717, 1.165) is 46.8 Å². The normalized spacial score (nSPS) is 26.1. The first-order valence-corrected chi connectivity index (χ1v) is 12.2. The summed E-state index contributed by atoms with van der Waals surface area (Å²) in [5.74, 6) is 1.22. The van der Waals surface area contributed by atoms with Crippen molar-refractivity contribution in [1.82, 2.24) is 19.9 Å². The van der Waals surface area contributed by atoms with E-state index in [1.807, 2.05) is 38.1 Å². The summed E-state index contributed by atoms with van der Waals surface area (Å²) in [6.07, 6.45) is 5.60. The van der Waals surface area contributed by atoms with Crippen LogP contribution in [0.15, 0.2) is 50.0 Å². The lowest BCUT2D eigenvalue weighted by Gasteiger charge is -2.36. The van der Waals surface area contributed by atoms with Crippen molar-refractivity contribution >= 4 is 5.71 Å². The molecule has 0 aromatic carbocycles. The highest BCUT2D eigenvalue weighted by atomic mass is 19.3. The summed E-state index contributed by atoms with van der Waals surface area (Å²) >= 11 is 0. The quantitative estimate of drug-likeness (QED) is 0.595. The van der Waals surface area contributed by atoms with E-state index in [-0.39, 0.29) is 18.0 Å². The van der Waals surface area contributed by atoms with E-state index >= 15 is 0 Å². The molecule has 0 amide bonds. The minimum atomic E-state index is -2.58. The third-order valence-electron chi connectivity index (χ3n) is 7.47. The fourth-order valence-corrected chi connectivity index (χ4v) is 5.50. The van der Waals surface area contributed by atoms with Crippen LogP contribution in [0.2, 0.25) is 0 Å². The van der Waals surface area contributed by atoms with Gasteiger partial charge in [0.1, 0.15) is 12.0 Å². The lowest BCUT2D eigenvalue weighted by atomic mass is 9.84. The van der Waals surface area contributed by atoms with Crippen molar-refractivity contribution < 1.29 is 13.5 Å². The van der Waals surface area contributed by atoms with Gasteiger partial charge in [0.05, 0.1) is 23.0 Å². The summed E-state index contributed by atoms with van der Waals surface area (Å²) in [5.41, 5.74) is 6.61. The Labute approximate surface area is 203 Å². The van der Waals surface area contributed by atoms with Gasteiger partial charge in [0, 0.05) is 49.8 Å². The molecule has 3 aliphatic heterocycles. The maximum Gasteiger partial charge on any atom is 0.272 e. The molecule has 10 heteroatoms. The van der Waals surface area contributed by atoms with Crippen molar-refractivity contribution in [2.24, 2.45) is 21.2 Å². The average Bonchev–Trinajstić information content (AvgIpc) is 3.52. The summed E-state index contributed by atoms with van der Waals surface area (Å²) in [7, 11) is 2.01. The minimum absolute atomic E-state index is 0.159. The van der Waals surface area contributed by atoms with Gasteiger partial charge in [-0.3, -0.25) is 9.91 Å². The Bertz CT molecular complexity index is 1210. The molecule has 1 saturated carbocycles. The number of rotatable bonds is 6. The Balaban J connectivity index is 1.33. The molecule has 0 N–H and O–H groups in total. The van der Waals surface area contributed by atoms with E-state index in [0.29, 0.717) is 24.7 Å². The van der Waals surface area contributed by atoms with E-state index < -0.39 is 13.0 Å². The Morgan fingerprint density at radius 3 is 2.74 bits per heavy atom. The van der Waals surface area contributed by atoms with Crippen LogP contribution in [0.4, 0.5) is 8.78 Å². The van der Waals surface area contributed by atoms with Crippen LogP contribution >= 0.6 is 0 Å². The molecule has 8 nitrogen and oxygen atoms in total. The standard InChI is InChI=1S/C25H29F2N7O/c1-13-4-7-18-23(14(2)30-31-18)22(13)24-28-17-8-9-34(11-16(17)25(29-24)35-12-20(26)27)21-10-19(15-5-6-15)32-33(21)3/h4,7,15,20-22H,5-6,8-12H2,1-3H3. The number of nitrogens with zero attached hydrogens (tertiary/aromatic N) is 7. The van der Waals surface area contributed by atoms with Crippen LogP contribution < -0.4 is 4.74 Å². The monoisotopic (exact) mass is 481 g/mol. The van der Waals surface area contributed by atoms with Gasteiger partial charge in [-0.2, -0.15) is 20.3 Å². The zero-order valence-corrected chi connectivity index (χ0v) is 20.2. The molecular formula is C25H29F2N7O. The average molecular weight is 482 g/mol. The van der Waals surface area contributed by atoms with Crippen molar-refractivity contribution in [3.63, 3.8) is 0 Å². The predicted molar refractivity (Wildman–Crippen MR) is 126 cm³/mol. The summed E-state index contributed by atoms with van der Waals surface area (Å²) < 4.78 is 31.9. The van der Waals surface area contributed by atoms with Gasteiger partial charge in [0.2, 0.25) is 5.88 Å². The lowest BCUT2D eigenvalue weighted by Crippen LogP contribution is -2.45. The predicted octanol–water partition coefficient (Wildman–Crippen LogP) is 4.57. The van der Waals surface area contributed by atoms with Crippen LogP contribution in [0.5, 0.6) is 5.88 Å². The second-order valence-electron chi connectivity index (χ2n) is 9.95. The molecule has 1 aromatic rings. The van der Waals surface area contributed by atoms with Crippen LogP contribution in [-0.4, -0.2) is 58.4 Å². The molecule has 35 heavy (non-hydrogen) atoms. The molecule has 4 heterocycles. The molecule has 6 rings (SSSR count). The third kappa shape index (κ3) is 4.07. The Hall–Kier alpha value is -3.01. The number of fused-ring (bicyclic) bond motifs is 2. The highest BCUT2D eigenvalue weighted by Gasteiger charge is 2.39. The van der Waals surface area contributed by atoms with Gasteiger partial charge in [-0.05, 0) is 38.7 Å². The molecule has 2 unspecified atom stereocenters. The first-order chi connectivity index (χ1) is 16.9. The molecule has 2 atom stereocenters. The number of allylic oxidation sites excluding steroid dienone is 5. The van der Waals surface area contributed by atoms with Crippen molar-refractivity contribution in [2.45, 2.75) is 64.6 Å². The number of halogens is 2. The molecule has 0 bridgehead atoms. The molecule has 1 fully saturated rings. The number of hydrogen-bond acceptors (Lipinski definition) is 8. The van der Waals surface area contributed by atoms with Crippen LogP contribution in [0.25, 0.3) is 0 Å². The molecule has 0 saturated heterocycles. The first kappa shape index (κ1) is 22.5. The fourth-order valence-electron chi connectivity index (χ4n) is 5.50. The van der Waals surface area contributed by atoms with Crippen molar-refractivity contribution in [1.29, 1.82) is 0 Å². The SMILES string of the molecule is CC1=CC=C2N=NC(C)=C2C1c1nc2c(c(OCC(F)F)n1)CN(C1CC(C3CC3)=NN1C)CC2. The molecule has 0 spiro atoms. The van der Waals surface area contributed by atoms with Gasteiger partial charge in [0.25, 0.3) is 6.43 Å². The minimum Gasteiger partial charge on any atom is -0.471 e. The first-order valence-electron chi connectivity index (χ1n) is 12.2. The smallest absolute Gasteiger partial charge is 0.272 e. The lowest BCUT2D eigenvalue weighted by molar-refractivity contribution is 0.0619. The summed E-state index contributed by atoms with van der Waals surface area (Å²) in [6.45, 7) is 4.61. The number of ether oxygens (including phenoxy) is 1. The van der Waals surface area contributed by atoms with Gasteiger partial charge in [-0.25, -0.2) is 13.8 Å². The second-order valence-corrected chi connectivity index (χ2v) is 9.95. The molecule has 5 aliphatic rings. The molecular weight excluding hydrogens is 452 g/mol. The zero-order chi connectivity index (χ0) is 24.3. The third-order valence-corrected chi connectivity index (χ3v) is 7.47. The van der Waals surface area contributed by atoms with E-state index in [1.54, 1.807) is 0 Å². The van der Waals surface area contributed by atoms with Gasteiger partial charge < -0.3 is 4.74 Å². The van der Waals surface area contributed by atoms with Gasteiger partial charge in [-0.15, -0.1) is 0 Å². The molecule has 1 aromatic heterocycles. The van der Waals surface area contributed by atoms with E-state index in [1.165, 1.54) is 18.6 Å². The van der Waals surface area contributed by atoms with Gasteiger partial charge in [0.15, 0.2) is 6.61 Å². The van der Waals surface area contributed by atoms with Crippen LogP contribution in [-0.2, 0) is 13.0 Å². The fraction of sp³-hybridized carbons (Fsp3) is 0.560. The Kier molecular flexibility index (Phi) is 5.51. The number of hydrazone groups is 1. The van der Waals surface area contributed by atoms with E-state index in [2.05, 4.69) is 15.1 Å². The summed E-state index contributed by atoms with van der Waals surface area (Å²) in [5, 5.41) is 15.3.